The molecule has 0 spiro atoms. The number of carboxylic acid groups (broad SMARTS) is 1. The van der Waals surface area contributed by atoms with E-state index >= 15 is 0 Å². The lowest BCUT2D eigenvalue weighted by atomic mass is 10.1. The summed E-state index contributed by atoms with van der Waals surface area (Å²) in [5.41, 5.74) is -1.20. The third-order valence-electron chi connectivity index (χ3n) is 3.18. The highest BCUT2D eigenvalue weighted by Gasteiger charge is 2.38. The van der Waals surface area contributed by atoms with Crippen LogP contribution < -0.4 is 5.32 Å². The Morgan fingerprint density at radius 3 is 2.43 bits per heavy atom. The smallest absolute Gasteiger partial charge is 0.416 e. The molecule has 1 aliphatic carbocycles. The molecule has 2 N–H and O–H groups in total. The number of carbonyl (C=O) groups is 2. The number of aliphatic carboxylic acids is 1. The molecule has 1 aromatic carbocycles. The molecule has 21 heavy (non-hydrogen) atoms. The molecule has 0 heterocycles. The summed E-state index contributed by atoms with van der Waals surface area (Å²) in [6, 6.07) is 1.59. The van der Waals surface area contributed by atoms with Gasteiger partial charge in [-0.05, 0) is 52.9 Å². The van der Waals surface area contributed by atoms with E-state index in [0.717, 1.165) is 12.1 Å². The molecule has 1 aromatic rings. The summed E-state index contributed by atoms with van der Waals surface area (Å²) in [5, 5.41) is 11.3. The third-order valence-corrected chi connectivity index (χ3v) is 3.88. The van der Waals surface area contributed by atoms with Crippen molar-refractivity contribution in [3.8, 4) is 0 Å². The molecule has 114 valence electrons. The first-order valence-corrected chi connectivity index (χ1v) is 6.90. The van der Waals surface area contributed by atoms with Gasteiger partial charge in [-0.1, -0.05) is 0 Å². The summed E-state index contributed by atoms with van der Waals surface area (Å²) in [5.74, 6) is -2.18. The first-order valence-electron chi connectivity index (χ1n) is 6.10. The summed E-state index contributed by atoms with van der Waals surface area (Å²) in [7, 11) is 0. The van der Waals surface area contributed by atoms with Crippen LogP contribution in [0.5, 0.6) is 0 Å². The van der Waals surface area contributed by atoms with Crippen molar-refractivity contribution in [2.24, 2.45) is 5.92 Å². The topological polar surface area (TPSA) is 66.4 Å². The second kappa shape index (κ2) is 5.67. The van der Waals surface area contributed by atoms with Crippen molar-refractivity contribution in [1.29, 1.82) is 0 Å². The van der Waals surface area contributed by atoms with Crippen LogP contribution in [0.3, 0.4) is 0 Å². The Morgan fingerprint density at radius 2 is 1.95 bits per heavy atom. The monoisotopic (exact) mass is 365 g/mol. The Hall–Kier alpha value is -1.57. The minimum Gasteiger partial charge on any atom is -0.480 e. The average molecular weight is 366 g/mol. The standard InChI is InChI=1S/C13H11BrF3NO3/c14-9-4-3-7(13(15,16)17)5-8(9)11(19)18-10(12(20)21)6-1-2-6/h3-6,10H,1-2H2,(H,18,19)(H,20,21). The van der Waals surface area contributed by atoms with Crippen LogP contribution in [0.15, 0.2) is 22.7 Å². The zero-order chi connectivity index (χ0) is 15.8. The number of carbonyl (C=O) groups excluding carboxylic acids is 1. The quantitative estimate of drug-likeness (QED) is 0.861. The molecule has 0 aliphatic heterocycles. The van der Waals surface area contributed by atoms with Crippen molar-refractivity contribution in [2.75, 3.05) is 0 Å². The molecule has 1 unspecified atom stereocenters. The van der Waals surface area contributed by atoms with Crippen LogP contribution in [0.1, 0.15) is 28.8 Å². The van der Waals surface area contributed by atoms with Gasteiger partial charge in [-0.2, -0.15) is 13.2 Å². The minimum atomic E-state index is -4.57. The van der Waals surface area contributed by atoms with Crippen molar-refractivity contribution >= 4 is 27.8 Å². The van der Waals surface area contributed by atoms with Gasteiger partial charge in [-0.15, -0.1) is 0 Å². The lowest BCUT2D eigenvalue weighted by Crippen LogP contribution is -2.42. The van der Waals surface area contributed by atoms with Crippen LogP contribution in [0.25, 0.3) is 0 Å². The maximum Gasteiger partial charge on any atom is 0.416 e. The van der Waals surface area contributed by atoms with E-state index in [1.54, 1.807) is 0 Å². The van der Waals surface area contributed by atoms with Crippen LogP contribution in [-0.4, -0.2) is 23.0 Å². The molecule has 0 bridgehead atoms. The van der Waals surface area contributed by atoms with Crippen LogP contribution in [0.4, 0.5) is 13.2 Å². The van der Waals surface area contributed by atoms with Gasteiger partial charge in [0.2, 0.25) is 0 Å². The second-order valence-electron chi connectivity index (χ2n) is 4.82. The van der Waals surface area contributed by atoms with E-state index in [1.165, 1.54) is 0 Å². The number of carboxylic acids is 1. The number of hydrogen-bond acceptors (Lipinski definition) is 2. The molecule has 1 aliphatic rings. The van der Waals surface area contributed by atoms with Crippen LogP contribution in [0, 0.1) is 5.92 Å². The highest BCUT2D eigenvalue weighted by Crippen LogP contribution is 2.34. The van der Waals surface area contributed by atoms with Gasteiger partial charge in [-0.25, -0.2) is 4.79 Å². The Kier molecular flexibility index (Phi) is 4.27. The molecule has 1 atom stereocenters. The largest absolute Gasteiger partial charge is 0.480 e. The first kappa shape index (κ1) is 15.8. The van der Waals surface area contributed by atoms with Gasteiger partial charge in [0, 0.05) is 4.47 Å². The van der Waals surface area contributed by atoms with Gasteiger partial charge < -0.3 is 10.4 Å². The predicted molar refractivity (Wildman–Crippen MR) is 70.8 cm³/mol. The number of alkyl halides is 3. The number of hydrogen-bond donors (Lipinski definition) is 2. The molecule has 4 nitrogen and oxygen atoms in total. The van der Waals surface area contributed by atoms with E-state index in [0.29, 0.717) is 18.9 Å². The fourth-order valence-electron chi connectivity index (χ4n) is 1.91. The number of halogens is 4. The summed E-state index contributed by atoms with van der Waals surface area (Å²) < 4.78 is 38.1. The molecule has 0 aromatic heterocycles. The van der Waals surface area contributed by atoms with Crippen molar-refractivity contribution in [1.82, 2.24) is 5.32 Å². The zero-order valence-electron chi connectivity index (χ0n) is 10.6. The summed E-state index contributed by atoms with van der Waals surface area (Å²) in [4.78, 5) is 23.1. The summed E-state index contributed by atoms with van der Waals surface area (Å²) >= 11 is 3.00. The minimum absolute atomic E-state index is 0.156. The Balaban J connectivity index is 2.24. The fourth-order valence-corrected chi connectivity index (χ4v) is 2.33. The van der Waals surface area contributed by atoms with Crippen LogP contribution in [0.2, 0.25) is 0 Å². The van der Waals surface area contributed by atoms with Gasteiger partial charge in [0.25, 0.3) is 5.91 Å². The molecule has 1 fully saturated rings. The van der Waals surface area contributed by atoms with Crippen molar-refractivity contribution in [3.05, 3.63) is 33.8 Å². The SMILES string of the molecule is O=C(NC(C(=O)O)C1CC1)c1cc(C(F)(F)F)ccc1Br. The van der Waals surface area contributed by atoms with E-state index in [2.05, 4.69) is 21.2 Å². The lowest BCUT2D eigenvalue weighted by Gasteiger charge is -2.15. The van der Waals surface area contributed by atoms with Crippen LogP contribution >= 0.6 is 15.9 Å². The Labute approximate surface area is 126 Å². The Morgan fingerprint density at radius 1 is 1.33 bits per heavy atom. The molecular weight excluding hydrogens is 355 g/mol. The normalized spacial score (nSPS) is 16.4. The van der Waals surface area contributed by atoms with Crippen molar-refractivity contribution in [3.63, 3.8) is 0 Å². The fraction of sp³-hybridized carbons (Fsp3) is 0.385. The molecule has 2 rings (SSSR count). The predicted octanol–water partition coefficient (Wildman–Crippen LogP) is 3.06. The van der Waals surface area contributed by atoms with E-state index < -0.39 is 29.7 Å². The Bertz CT molecular complexity index is 585. The zero-order valence-corrected chi connectivity index (χ0v) is 12.2. The van der Waals surface area contributed by atoms with Crippen LogP contribution in [-0.2, 0) is 11.0 Å². The van der Waals surface area contributed by atoms with Crippen molar-refractivity contribution < 1.29 is 27.9 Å². The number of amides is 1. The summed E-state index contributed by atoms with van der Waals surface area (Å²) in [6.45, 7) is 0. The maximum atomic E-state index is 12.7. The lowest BCUT2D eigenvalue weighted by molar-refractivity contribution is -0.140. The molecule has 1 amide bonds. The van der Waals surface area contributed by atoms with Crippen molar-refractivity contribution in [2.45, 2.75) is 25.1 Å². The van der Waals surface area contributed by atoms with E-state index in [-0.39, 0.29) is 16.0 Å². The highest BCUT2D eigenvalue weighted by molar-refractivity contribution is 9.10. The third kappa shape index (κ3) is 3.75. The number of benzene rings is 1. The van der Waals surface area contributed by atoms with E-state index in [1.807, 2.05) is 0 Å². The van der Waals surface area contributed by atoms with Gasteiger partial charge in [-0.3, -0.25) is 4.79 Å². The highest BCUT2D eigenvalue weighted by atomic mass is 79.9. The molecular formula is C13H11BrF3NO3. The van der Waals surface area contributed by atoms with E-state index in [9.17, 15) is 22.8 Å². The first-order chi connectivity index (χ1) is 9.70. The molecule has 0 radical (unpaired) electrons. The molecule has 0 saturated heterocycles. The number of nitrogens with one attached hydrogen (secondary N) is 1. The molecule has 8 heteroatoms. The second-order valence-corrected chi connectivity index (χ2v) is 5.67. The van der Waals surface area contributed by atoms with Gasteiger partial charge in [0.1, 0.15) is 6.04 Å². The van der Waals surface area contributed by atoms with Gasteiger partial charge >= 0.3 is 12.1 Å². The number of rotatable bonds is 4. The summed E-state index contributed by atoms with van der Waals surface area (Å²) in [6.07, 6.45) is -3.21. The average Bonchev–Trinajstić information content (AvgIpc) is 3.18. The maximum absolute atomic E-state index is 12.7. The molecule has 1 saturated carbocycles. The van der Waals surface area contributed by atoms with Gasteiger partial charge in [0.05, 0.1) is 11.1 Å². The van der Waals surface area contributed by atoms with E-state index in [4.69, 9.17) is 5.11 Å². The van der Waals surface area contributed by atoms with Gasteiger partial charge in [0.15, 0.2) is 0 Å².